The van der Waals surface area contributed by atoms with E-state index in [2.05, 4.69) is 38.3 Å². The number of fused-ring (bicyclic) bond motifs is 1. The molecular formula is C21H29N3O3. The van der Waals surface area contributed by atoms with Crippen LogP contribution in [-0.2, 0) is 17.8 Å². The van der Waals surface area contributed by atoms with Gasteiger partial charge in [0.25, 0.3) is 5.91 Å². The smallest absolute Gasteiger partial charge is 0.410 e. The van der Waals surface area contributed by atoms with E-state index in [4.69, 9.17) is 4.74 Å². The van der Waals surface area contributed by atoms with Gasteiger partial charge in [0.1, 0.15) is 6.61 Å². The average molecular weight is 371 g/mol. The average Bonchev–Trinajstić information content (AvgIpc) is 3.10. The van der Waals surface area contributed by atoms with Crippen molar-refractivity contribution in [2.45, 2.75) is 39.4 Å². The summed E-state index contributed by atoms with van der Waals surface area (Å²) in [5, 5.41) is 0. The third-order valence-corrected chi connectivity index (χ3v) is 5.31. The van der Waals surface area contributed by atoms with E-state index in [1.165, 1.54) is 5.56 Å². The lowest BCUT2D eigenvalue weighted by atomic mass is 10.0. The van der Waals surface area contributed by atoms with Gasteiger partial charge < -0.3 is 14.5 Å². The molecule has 1 aromatic carbocycles. The first-order valence-corrected chi connectivity index (χ1v) is 9.49. The number of carbonyl (C=O) groups excluding carboxylic acids is 2. The standard InChI is InChI=1S/C21H29N3O3/c1-5-13-27-20(26)23-11-9-22(10-12-23)19(25)17-8-6-7-16-14-24(15-18(16)17)21(2,3)4/h5-8H,1,9-15H2,2-4H3. The number of hydrogen-bond donors (Lipinski definition) is 0. The van der Waals surface area contributed by atoms with E-state index in [0.29, 0.717) is 26.2 Å². The molecule has 0 atom stereocenters. The van der Waals surface area contributed by atoms with E-state index >= 15 is 0 Å². The number of nitrogens with zero attached hydrogens (tertiary/aromatic N) is 3. The predicted octanol–water partition coefficient (Wildman–Crippen LogP) is 2.88. The lowest BCUT2D eigenvalue weighted by molar-refractivity contribution is 0.0578. The summed E-state index contributed by atoms with van der Waals surface area (Å²) in [5.41, 5.74) is 3.24. The van der Waals surface area contributed by atoms with Crippen LogP contribution in [0.2, 0.25) is 0 Å². The van der Waals surface area contributed by atoms with E-state index in [-0.39, 0.29) is 24.1 Å². The highest BCUT2D eigenvalue weighted by Gasteiger charge is 2.32. The van der Waals surface area contributed by atoms with Crippen molar-refractivity contribution >= 4 is 12.0 Å². The lowest BCUT2D eigenvalue weighted by Gasteiger charge is -2.34. The Morgan fingerprint density at radius 2 is 1.78 bits per heavy atom. The first-order valence-electron chi connectivity index (χ1n) is 9.49. The molecule has 0 aromatic heterocycles. The number of piperazine rings is 1. The molecule has 0 bridgehead atoms. The summed E-state index contributed by atoms with van der Waals surface area (Å²) in [6, 6.07) is 6.02. The summed E-state index contributed by atoms with van der Waals surface area (Å²) in [5.74, 6) is 0.0571. The van der Waals surface area contributed by atoms with Gasteiger partial charge in [0.2, 0.25) is 0 Å². The second kappa shape index (κ2) is 7.72. The Morgan fingerprint density at radius 1 is 1.11 bits per heavy atom. The third kappa shape index (κ3) is 4.16. The number of rotatable bonds is 3. The Hall–Kier alpha value is -2.34. The van der Waals surface area contributed by atoms with Crippen molar-refractivity contribution in [3.63, 3.8) is 0 Å². The molecule has 2 amide bonds. The van der Waals surface area contributed by atoms with Crippen molar-refractivity contribution in [1.82, 2.24) is 14.7 Å². The second-order valence-corrected chi connectivity index (χ2v) is 8.11. The number of benzene rings is 1. The summed E-state index contributed by atoms with van der Waals surface area (Å²) in [4.78, 5) is 30.9. The largest absolute Gasteiger partial charge is 0.445 e. The Balaban J connectivity index is 1.66. The van der Waals surface area contributed by atoms with E-state index in [1.54, 1.807) is 11.0 Å². The van der Waals surface area contributed by atoms with Crippen LogP contribution in [0.3, 0.4) is 0 Å². The maximum Gasteiger partial charge on any atom is 0.410 e. The fraction of sp³-hybridized carbons (Fsp3) is 0.524. The minimum absolute atomic E-state index is 0.0571. The molecule has 0 radical (unpaired) electrons. The molecule has 2 heterocycles. The fourth-order valence-electron chi connectivity index (χ4n) is 3.58. The lowest BCUT2D eigenvalue weighted by Crippen LogP contribution is -2.50. The number of amides is 2. The normalized spacial score (nSPS) is 17.6. The van der Waals surface area contributed by atoms with Crippen LogP contribution in [0.1, 0.15) is 42.3 Å². The maximum atomic E-state index is 13.1. The zero-order valence-electron chi connectivity index (χ0n) is 16.5. The molecule has 1 fully saturated rings. The summed E-state index contributed by atoms with van der Waals surface area (Å²) in [7, 11) is 0. The van der Waals surface area contributed by atoms with Crippen LogP contribution in [-0.4, -0.2) is 65.0 Å². The monoisotopic (exact) mass is 371 g/mol. The number of carbonyl (C=O) groups is 2. The molecule has 27 heavy (non-hydrogen) atoms. The van der Waals surface area contributed by atoms with Crippen molar-refractivity contribution < 1.29 is 14.3 Å². The second-order valence-electron chi connectivity index (χ2n) is 8.11. The highest BCUT2D eigenvalue weighted by molar-refractivity contribution is 5.96. The van der Waals surface area contributed by atoms with Crippen LogP contribution in [0.5, 0.6) is 0 Å². The van der Waals surface area contributed by atoms with Crippen LogP contribution in [0.4, 0.5) is 4.79 Å². The molecule has 0 N–H and O–H groups in total. The predicted molar refractivity (Wildman–Crippen MR) is 104 cm³/mol. The van der Waals surface area contributed by atoms with Crippen molar-refractivity contribution in [1.29, 1.82) is 0 Å². The maximum absolute atomic E-state index is 13.1. The third-order valence-electron chi connectivity index (χ3n) is 5.31. The Labute approximate surface area is 161 Å². The molecule has 146 valence electrons. The van der Waals surface area contributed by atoms with Crippen molar-refractivity contribution in [3.05, 3.63) is 47.5 Å². The van der Waals surface area contributed by atoms with Crippen LogP contribution in [0.25, 0.3) is 0 Å². The van der Waals surface area contributed by atoms with E-state index in [9.17, 15) is 9.59 Å². The topological polar surface area (TPSA) is 53.1 Å². The van der Waals surface area contributed by atoms with Gasteiger partial charge in [0, 0.05) is 50.4 Å². The van der Waals surface area contributed by atoms with Crippen molar-refractivity contribution in [3.8, 4) is 0 Å². The molecule has 0 spiro atoms. The van der Waals surface area contributed by atoms with Crippen LogP contribution in [0, 0.1) is 0 Å². The van der Waals surface area contributed by atoms with Crippen LogP contribution >= 0.6 is 0 Å². The molecular weight excluding hydrogens is 342 g/mol. The molecule has 6 nitrogen and oxygen atoms in total. The molecule has 0 unspecified atom stereocenters. The molecule has 2 aliphatic rings. The molecule has 0 saturated carbocycles. The van der Waals surface area contributed by atoms with Gasteiger partial charge in [0.05, 0.1) is 0 Å². The van der Waals surface area contributed by atoms with Gasteiger partial charge in [-0.3, -0.25) is 9.69 Å². The molecule has 1 saturated heterocycles. The Kier molecular flexibility index (Phi) is 5.56. The van der Waals surface area contributed by atoms with Gasteiger partial charge in [-0.25, -0.2) is 4.79 Å². The molecule has 3 rings (SSSR count). The zero-order chi connectivity index (χ0) is 19.6. The molecule has 2 aliphatic heterocycles. The van der Waals surface area contributed by atoms with Crippen molar-refractivity contribution in [2.75, 3.05) is 32.8 Å². The van der Waals surface area contributed by atoms with Gasteiger partial charge >= 0.3 is 6.09 Å². The zero-order valence-corrected chi connectivity index (χ0v) is 16.5. The van der Waals surface area contributed by atoms with Crippen molar-refractivity contribution in [2.24, 2.45) is 0 Å². The van der Waals surface area contributed by atoms with E-state index in [1.807, 2.05) is 17.0 Å². The summed E-state index contributed by atoms with van der Waals surface area (Å²) >= 11 is 0. The summed E-state index contributed by atoms with van der Waals surface area (Å²) < 4.78 is 5.08. The summed E-state index contributed by atoms with van der Waals surface area (Å²) in [6.07, 6.45) is 1.21. The molecule has 6 heteroatoms. The van der Waals surface area contributed by atoms with Gasteiger partial charge in [0.15, 0.2) is 0 Å². The first-order chi connectivity index (χ1) is 12.8. The molecule has 1 aromatic rings. The first kappa shape index (κ1) is 19.4. The minimum atomic E-state index is -0.344. The van der Waals surface area contributed by atoms with E-state index < -0.39 is 0 Å². The highest BCUT2D eigenvalue weighted by atomic mass is 16.6. The number of ether oxygens (including phenoxy) is 1. The Bertz CT molecular complexity index is 731. The Morgan fingerprint density at radius 3 is 2.41 bits per heavy atom. The quantitative estimate of drug-likeness (QED) is 0.767. The number of hydrogen-bond acceptors (Lipinski definition) is 4. The van der Waals surface area contributed by atoms with Gasteiger partial charge in [-0.05, 0) is 38.0 Å². The summed E-state index contributed by atoms with van der Waals surface area (Å²) in [6.45, 7) is 14.1. The van der Waals surface area contributed by atoms with Gasteiger partial charge in [-0.2, -0.15) is 0 Å². The highest BCUT2D eigenvalue weighted by Crippen LogP contribution is 2.31. The van der Waals surface area contributed by atoms with Crippen LogP contribution < -0.4 is 0 Å². The van der Waals surface area contributed by atoms with E-state index in [0.717, 1.165) is 24.2 Å². The molecule has 0 aliphatic carbocycles. The van der Waals surface area contributed by atoms with Gasteiger partial charge in [-0.1, -0.05) is 24.8 Å². The SMILES string of the molecule is C=CCOC(=O)N1CCN(C(=O)c2cccc3c2CN(C(C)(C)C)C3)CC1. The minimum Gasteiger partial charge on any atom is -0.445 e. The van der Waals surface area contributed by atoms with Gasteiger partial charge in [-0.15, -0.1) is 0 Å². The van der Waals surface area contributed by atoms with Crippen LogP contribution in [0.15, 0.2) is 30.9 Å². The fourth-order valence-corrected chi connectivity index (χ4v) is 3.58.